The first-order valence-corrected chi connectivity index (χ1v) is 5.53. The van der Waals surface area contributed by atoms with Crippen molar-refractivity contribution in [2.45, 2.75) is 0 Å². The molecule has 0 fully saturated rings. The lowest BCUT2D eigenvalue weighted by molar-refractivity contribution is 0.631. The maximum absolute atomic E-state index is 13.7. The number of benzene rings is 2. The lowest BCUT2D eigenvalue weighted by atomic mass is 10.00. The van der Waals surface area contributed by atoms with E-state index in [1.54, 1.807) is 18.2 Å². The van der Waals surface area contributed by atoms with Gasteiger partial charge in [0.1, 0.15) is 5.82 Å². The molecular weight excluding hydrogens is 260 g/mol. The molecule has 0 atom stereocenters. The fraction of sp³-hybridized carbons (Fsp3) is 0. The van der Waals surface area contributed by atoms with Crippen LogP contribution in [0, 0.1) is 17.1 Å². The summed E-state index contributed by atoms with van der Waals surface area (Å²) in [7, 11) is 0. The number of rotatable bonds is 1. The standard InChI is InChI=1S/C13H6Cl2FN/c14-9-5-4-8(7-17)10(6-9)13-11(15)2-1-3-12(13)16/h1-6H. The van der Waals surface area contributed by atoms with Crippen LogP contribution >= 0.6 is 23.2 Å². The monoisotopic (exact) mass is 265 g/mol. The summed E-state index contributed by atoms with van der Waals surface area (Å²) in [5.74, 6) is -0.476. The van der Waals surface area contributed by atoms with Crippen molar-refractivity contribution < 1.29 is 4.39 Å². The van der Waals surface area contributed by atoms with Crippen LogP contribution < -0.4 is 0 Å². The Bertz CT molecular complexity index is 597. The number of hydrogen-bond acceptors (Lipinski definition) is 1. The van der Waals surface area contributed by atoms with Gasteiger partial charge in [-0.2, -0.15) is 5.26 Å². The van der Waals surface area contributed by atoms with Crippen molar-refractivity contribution in [2.24, 2.45) is 0 Å². The number of halogens is 3. The summed E-state index contributed by atoms with van der Waals surface area (Å²) in [5.41, 5.74) is 0.942. The molecule has 0 saturated carbocycles. The second kappa shape index (κ2) is 4.75. The summed E-state index contributed by atoms with van der Waals surface area (Å²) in [6.45, 7) is 0. The molecule has 4 heteroatoms. The van der Waals surface area contributed by atoms with E-state index in [-0.39, 0.29) is 10.6 Å². The van der Waals surface area contributed by atoms with Gasteiger partial charge in [-0.25, -0.2) is 4.39 Å². The highest BCUT2D eigenvalue weighted by molar-refractivity contribution is 6.34. The first-order valence-electron chi connectivity index (χ1n) is 4.77. The first-order chi connectivity index (χ1) is 8.13. The molecule has 2 aromatic carbocycles. The predicted molar refractivity (Wildman–Crippen MR) is 66.6 cm³/mol. The van der Waals surface area contributed by atoms with Crippen molar-refractivity contribution in [3.8, 4) is 17.2 Å². The van der Waals surface area contributed by atoms with Crippen LogP contribution in [0.25, 0.3) is 11.1 Å². The van der Waals surface area contributed by atoms with Crippen LogP contribution in [-0.2, 0) is 0 Å². The molecule has 2 aromatic rings. The third-order valence-corrected chi connectivity index (χ3v) is 2.88. The van der Waals surface area contributed by atoms with Crippen LogP contribution in [0.1, 0.15) is 5.56 Å². The Kier molecular flexibility index (Phi) is 3.33. The average molecular weight is 266 g/mol. The van der Waals surface area contributed by atoms with Gasteiger partial charge in [-0.05, 0) is 30.3 Å². The van der Waals surface area contributed by atoms with E-state index in [1.807, 2.05) is 6.07 Å². The van der Waals surface area contributed by atoms with Gasteiger partial charge in [0.25, 0.3) is 0 Å². The molecule has 0 unspecified atom stereocenters. The zero-order chi connectivity index (χ0) is 12.4. The molecule has 0 N–H and O–H groups in total. The predicted octanol–water partition coefficient (Wildman–Crippen LogP) is 4.67. The van der Waals surface area contributed by atoms with Crippen molar-refractivity contribution in [3.05, 3.63) is 57.8 Å². The van der Waals surface area contributed by atoms with Gasteiger partial charge >= 0.3 is 0 Å². The summed E-state index contributed by atoms with van der Waals surface area (Å²) in [6.07, 6.45) is 0. The van der Waals surface area contributed by atoms with E-state index >= 15 is 0 Å². The van der Waals surface area contributed by atoms with Crippen LogP contribution in [0.4, 0.5) is 4.39 Å². The Morgan fingerprint density at radius 2 is 1.88 bits per heavy atom. The highest BCUT2D eigenvalue weighted by Crippen LogP contribution is 2.34. The molecule has 0 heterocycles. The second-order valence-corrected chi connectivity index (χ2v) is 4.24. The summed E-state index contributed by atoms with van der Waals surface area (Å²) in [4.78, 5) is 0. The fourth-order valence-electron chi connectivity index (χ4n) is 1.58. The zero-order valence-corrected chi connectivity index (χ0v) is 10.1. The maximum atomic E-state index is 13.7. The summed E-state index contributed by atoms with van der Waals surface area (Å²) in [6, 6.07) is 11.0. The lowest BCUT2D eigenvalue weighted by Gasteiger charge is -2.08. The van der Waals surface area contributed by atoms with Crippen molar-refractivity contribution in [3.63, 3.8) is 0 Å². The minimum absolute atomic E-state index is 0.202. The average Bonchev–Trinajstić information content (AvgIpc) is 2.29. The highest BCUT2D eigenvalue weighted by atomic mass is 35.5. The van der Waals surface area contributed by atoms with Gasteiger partial charge in [-0.3, -0.25) is 0 Å². The maximum Gasteiger partial charge on any atom is 0.132 e. The van der Waals surface area contributed by atoms with Gasteiger partial charge in [-0.15, -0.1) is 0 Å². The Morgan fingerprint density at radius 3 is 2.53 bits per heavy atom. The van der Waals surface area contributed by atoms with Crippen LogP contribution in [0.3, 0.4) is 0 Å². The van der Waals surface area contributed by atoms with Gasteiger partial charge in [0.05, 0.1) is 16.7 Å². The normalized spacial score (nSPS) is 10.0. The van der Waals surface area contributed by atoms with E-state index in [0.717, 1.165) is 0 Å². The summed E-state index contributed by atoms with van der Waals surface area (Å²) < 4.78 is 13.7. The molecule has 0 aliphatic heterocycles. The number of nitriles is 1. The van der Waals surface area contributed by atoms with E-state index in [4.69, 9.17) is 28.5 Å². The van der Waals surface area contributed by atoms with E-state index < -0.39 is 5.82 Å². The summed E-state index contributed by atoms with van der Waals surface area (Å²) in [5, 5.41) is 9.68. The molecule has 0 aromatic heterocycles. The minimum Gasteiger partial charge on any atom is -0.206 e. The van der Waals surface area contributed by atoms with Crippen LogP contribution in [0.5, 0.6) is 0 Å². The molecule has 1 nitrogen and oxygen atoms in total. The SMILES string of the molecule is N#Cc1ccc(Cl)cc1-c1c(F)cccc1Cl. The smallest absolute Gasteiger partial charge is 0.132 e. The van der Waals surface area contributed by atoms with E-state index in [2.05, 4.69) is 0 Å². The first kappa shape index (κ1) is 11.9. The molecule has 0 bridgehead atoms. The molecule has 0 aliphatic rings. The van der Waals surface area contributed by atoms with Crippen LogP contribution in [0.2, 0.25) is 10.0 Å². The number of hydrogen-bond donors (Lipinski definition) is 0. The van der Waals surface area contributed by atoms with E-state index in [9.17, 15) is 4.39 Å². The van der Waals surface area contributed by atoms with E-state index in [0.29, 0.717) is 16.1 Å². The molecule has 0 amide bonds. The summed E-state index contributed by atoms with van der Waals surface area (Å²) >= 11 is 11.8. The molecule has 84 valence electrons. The minimum atomic E-state index is -0.476. The molecule has 0 aliphatic carbocycles. The van der Waals surface area contributed by atoms with Gasteiger partial charge in [0, 0.05) is 16.1 Å². The van der Waals surface area contributed by atoms with Gasteiger partial charge < -0.3 is 0 Å². The topological polar surface area (TPSA) is 23.8 Å². The molecule has 2 rings (SSSR count). The van der Waals surface area contributed by atoms with Gasteiger partial charge in [-0.1, -0.05) is 29.3 Å². The van der Waals surface area contributed by atoms with Crippen molar-refractivity contribution in [1.29, 1.82) is 5.26 Å². The lowest BCUT2D eigenvalue weighted by Crippen LogP contribution is -1.89. The van der Waals surface area contributed by atoms with Crippen molar-refractivity contribution in [1.82, 2.24) is 0 Å². The highest BCUT2D eigenvalue weighted by Gasteiger charge is 2.13. The van der Waals surface area contributed by atoms with Crippen LogP contribution in [0.15, 0.2) is 36.4 Å². The molecule has 0 saturated heterocycles. The largest absolute Gasteiger partial charge is 0.206 e. The molecule has 0 spiro atoms. The van der Waals surface area contributed by atoms with Crippen LogP contribution in [-0.4, -0.2) is 0 Å². The fourth-order valence-corrected chi connectivity index (χ4v) is 2.01. The van der Waals surface area contributed by atoms with E-state index in [1.165, 1.54) is 18.2 Å². The zero-order valence-electron chi connectivity index (χ0n) is 8.55. The third-order valence-electron chi connectivity index (χ3n) is 2.33. The Balaban J connectivity index is 2.77. The Morgan fingerprint density at radius 1 is 1.12 bits per heavy atom. The Labute approximate surface area is 108 Å². The molecule has 17 heavy (non-hydrogen) atoms. The van der Waals surface area contributed by atoms with Gasteiger partial charge in [0.15, 0.2) is 0 Å². The molecule has 0 radical (unpaired) electrons. The van der Waals surface area contributed by atoms with Crippen molar-refractivity contribution >= 4 is 23.2 Å². The quantitative estimate of drug-likeness (QED) is 0.735. The third kappa shape index (κ3) is 2.26. The van der Waals surface area contributed by atoms with Crippen molar-refractivity contribution in [2.75, 3.05) is 0 Å². The molecular formula is C13H6Cl2FN. The Hall–Kier alpha value is -1.56. The van der Waals surface area contributed by atoms with Gasteiger partial charge in [0.2, 0.25) is 0 Å². The number of nitrogens with zero attached hydrogens (tertiary/aromatic N) is 1. The second-order valence-electron chi connectivity index (χ2n) is 3.40.